The number of ether oxygens (including phenoxy) is 1. The van der Waals surface area contributed by atoms with Crippen LogP contribution in [0.4, 0.5) is 4.39 Å². The second-order valence-corrected chi connectivity index (χ2v) is 9.97. The number of aliphatic hydroxyl groups excluding tert-OH is 1. The number of halogens is 2. The van der Waals surface area contributed by atoms with Gasteiger partial charge in [-0.05, 0) is 88.2 Å². The van der Waals surface area contributed by atoms with E-state index in [1.54, 1.807) is 25.6 Å². The molecule has 4 rings (SSSR count). The zero-order chi connectivity index (χ0) is 24.7. The van der Waals surface area contributed by atoms with Gasteiger partial charge in [-0.1, -0.05) is 11.6 Å². The van der Waals surface area contributed by atoms with Crippen LogP contribution in [0.25, 0.3) is 10.9 Å². The number of alkyl halides is 1. The van der Waals surface area contributed by atoms with Crippen LogP contribution in [-0.2, 0) is 6.42 Å². The Hall–Kier alpha value is -2.35. The molecule has 0 saturated carbocycles. The van der Waals surface area contributed by atoms with E-state index < -0.39 is 6.17 Å². The van der Waals surface area contributed by atoms with Gasteiger partial charge in [0.2, 0.25) is 0 Å². The number of hydrogen-bond donors (Lipinski definition) is 1. The molecule has 2 aromatic heterocycles. The van der Waals surface area contributed by atoms with E-state index in [1.807, 2.05) is 18.3 Å². The van der Waals surface area contributed by atoms with Crippen molar-refractivity contribution >= 4 is 22.5 Å². The normalized spacial score (nSPS) is 16.9. The first-order valence-electron chi connectivity index (χ1n) is 12.4. The summed E-state index contributed by atoms with van der Waals surface area (Å²) < 4.78 is 20.9. The van der Waals surface area contributed by atoms with E-state index in [4.69, 9.17) is 16.3 Å². The number of piperidine rings is 1. The van der Waals surface area contributed by atoms with Crippen molar-refractivity contribution in [1.29, 1.82) is 0 Å². The minimum atomic E-state index is -1.23. The monoisotopic (exact) mass is 500 g/mol. The van der Waals surface area contributed by atoms with Gasteiger partial charge < -0.3 is 14.7 Å². The number of benzene rings is 1. The van der Waals surface area contributed by atoms with Gasteiger partial charge >= 0.3 is 0 Å². The van der Waals surface area contributed by atoms with Gasteiger partial charge in [0, 0.05) is 42.3 Å². The van der Waals surface area contributed by atoms with Gasteiger partial charge in [0.25, 0.3) is 0 Å². The average molecular weight is 501 g/mol. The molecule has 1 saturated heterocycles. The van der Waals surface area contributed by atoms with Crippen molar-refractivity contribution in [3.8, 4) is 5.75 Å². The Morgan fingerprint density at radius 3 is 2.71 bits per heavy atom. The molecule has 3 aromatic rings. The third-order valence-corrected chi connectivity index (χ3v) is 7.64. The first kappa shape index (κ1) is 25.7. The summed E-state index contributed by atoms with van der Waals surface area (Å²) in [5.74, 6) is 0.644. The molecule has 0 bridgehead atoms. The van der Waals surface area contributed by atoms with Crippen LogP contribution in [0.15, 0.2) is 43.0 Å². The number of unbranched alkanes of at least 4 members (excludes halogenated alkanes) is 1. The average Bonchev–Trinajstić information content (AvgIpc) is 2.90. The van der Waals surface area contributed by atoms with Gasteiger partial charge in [0.15, 0.2) is 0 Å². The van der Waals surface area contributed by atoms with Crippen LogP contribution in [0.3, 0.4) is 0 Å². The van der Waals surface area contributed by atoms with Gasteiger partial charge in [-0.2, -0.15) is 0 Å². The van der Waals surface area contributed by atoms with Crippen LogP contribution < -0.4 is 4.74 Å². The smallest absolute Gasteiger partial charge is 0.127 e. The second kappa shape index (κ2) is 12.1. The molecular formula is C27H34ClFN4O2. The van der Waals surface area contributed by atoms with E-state index in [2.05, 4.69) is 19.9 Å². The van der Waals surface area contributed by atoms with Gasteiger partial charge in [-0.25, -0.2) is 4.39 Å². The van der Waals surface area contributed by atoms with Gasteiger partial charge in [0.1, 0.15) is 11.9 Å². The van der Waals surface area contributed by atoms with Crippen molar-refractivity contribution in [3.63, 3.8) is 0 Å². The highest BCUT2D eigenvalue weighted by atomic mass is 35.5. The molecule has 8 heteroatoms. The first-order chi connectivity index (χ1) is 17.0. The van der Waals surface area contributed by atoms with Crippen molar-refractivity contribution in [3.05, 3.63) is 59.3 Å². The van der Waals surface area contributed by atoms with Crippen molar-refractivity contribution in [2.24, 2.45) is 5.41 Å². The van der Waals surface area contributed by atoms with Gasteiger partial charge in [-0.15, -0.1) is 0 Å². The Bertz CT molecular complexity index is 1090. The fourth-order valence-corrected chi connectivity index (χ4v) is 5.30. The van der Waals surface area contributed by atoms with E-state index in [0.29, 0.717) is 40.1 Å². The lowest BCUT2D eigenvalue weighted by Gasteiger charge is -2.41. The summed E-state index contributed by atoms with van der Waals surface area (Å²) in [7, 11) is 1.58. The highest BCUT2D eigenvalue weighted by molar-refractivity contribution is 6.32. The molecule has 1 atom stereocenters. The Labute approximate surface area is 211 Å². The van der Waals surface area contributed by atoms with Crippen molar-refractivity contribution in [2.45, 2.75) is 51.1 Å². The number of pyridine rings is 1. The molecule has 1 N–H and O–H groups in total. The molecule has 1 unspecified atom stereocenters. The number of hydrogen-bond acceptors (Lipinski definition) is 6. The summed E-state index contributed by atoms with van der Waals surface area (Å²) in [6.07, 6.45) is 11.3. The summed E-state index contributed by atoms with van der Waals surface area (Å²) in [4.78, 5) is 15.2. The van der Waals surface area contributed by atoms with E-state index in [0.717, 1.165) is 57.4 Å². The SMILES string of the molecule is COc1ccc2ncc(Cl)c(C(F)CCC3(CO)CCN(CCCCc4cnccn4)CC3)c2c1. The molecule has 0 aliphatic carbocycles. The molecule has 0 spiro atoms. The third kappa shape index (κ3) is 6.46. The fraction of sp³-hybridized carbons (Fsp3) is 0.519. The molecule has 1 aromatic carbocycles. The number of nitrogens with zero attached hydrogens (tertiary/aromatic N) is 4. The molecule has 1 fully saturated rings. The van der Waals surface area contributed by atoms with Crippen LogP contribution in [0.1, 0.15) is 56.0 Å². The summed E-state index contributed by atoms with van der Waals surface area (Å²) in [5.41, 5.74) is 1.95. The minimum Gasteiger partial charge on any atom is -0.497 e. The lowest BCUT2D eigenvalue weighted by molar-refractivity contribution is 0.0298. The molecule has 1 aliphatic rings. The number of likely N-dealkylation sites (tertiary alicyclic amines) is 1. The molecule has 35 heavy (non-hydrogen) atoms. The zero-order valence-electron chi connectivity index (χ0n) is 20.3. The van der Waals surface area contributed by atoms with E-state index in [1.165, 1.54) is 6.20 Å². The molecule has 0 radical (unpaired) electrons. The standard InChI is InChI=1S/C27H34ClFN4O2/c1-35-21-5-6-25-22(16-21)26(23(28)18-32-25)24(29)7-8-27(19-34)9-14-33(15-10-27)13-3-2-4-20-17-30-11-12-31-20/h5-6,11-12,16-18,24,34H,2-4,7-10,13-15,19H2,1H3. The zero-order valence-corrected chi connectivity index (χ0v) is 21.1. The van der Waals surface area contributed by atoms with Crippen molar-refractivity contribution < 1.29 is 14.2 Å². The summed E-state index contributed by atoms with van der Waals surface area (Å²) in [5, 5.41) is 11.2. The Balaban J connectivity index is 1.30. The van der Waals surface area contributed by atoms with Gasteiger partial charge in [-0.3, -0.25) is 15.0 Å². The molecule has 0 amide bonds. The Morgan fingerprint density at radius 1 is 1.17 bits per heavy atom. The van der Waals surface area contributed by atoms with Crippen LogP contribution in [0.5, 0.6) is 5.75 Å². The maximum absolute atomic E-state index is 15.6. The highest BCUT2D eigenvalue weighted by Crippen LogP contribution is 2.41. The minimum absolute atomic E-state index is 0.0822. The second-order valence-electron chi connectivity index (χ2n) is 9.56. The number of fused-ring (bicyclic) bond motifs is 1. The lowest BCUT2D eigenvalue weighted by Crippen LogP contribution is -2.42. The number of methoxy groups -OCH3 is 1. The number of aromatic nitrogens is 3. The van der Waals surface area contributed by atoms with Crippen molar-refractivity contribution in [2.75, 3.05) is 33.4 Å². The van der Waals surface area contributed by atoms with E-state index >= 15 is 4.39 Å². The first-order valence-corrected chi connectivity index (χ1v) is 12.8. The Kier molecular flexibility index (Phi) is 8.87. The summed E-state index contributed by atoms with van der Waals surface area (Å²) in [6, 6.07) is 5.42. The van der Waals surface area contributed by atoms with Crippen LogP contribution in [-0.4, -0.2) is 58.3 Å². The van der Waals surface area contributed by atoms with Crippen LogP contribution in [0.2, 0.25) is 5.02 Å². The highest BCUT2D eigenvalue weighted by Gasteiger charge is 2.35. The third-order valence-electron chi connectivity index (χ3n) is 7.34. The predicted octanol–water partition coefficient (Wildman–Crippen LogP) is 5.58. The maximum atomic E-state index is 15.6. The molecule has 6 nitrogen and oxygen atoms in total. The largest absolute Gasteiger partial charge is 0.497 e. The molecule has 188 valence electrons. The van der Waals surface area contributed by atoms with Gasteiger partial charge in [0.05, 0.1) is 23.3 Å². The summed E-state index contributed by atoms with van der Waals surface area (Å²) >= 11 is 6.40. The quantitative estimate of drug-likeness (QED) is 0.347. The molecular weight excluding hydrogens is 467 g/mol. The number of rotatable bonds is 11. The maximum Gasteiger partial charge on any atom is 0.127 e. The topological polar surface area (TPSA) is 71.4 Å². The predicted molar refractivity (Wildman–Crippen MR) is 137 cm³/mol. The molecule has 3 heterocycles. The molecule has 1 aliphatic heterocycles. The lowest BCUT2D eigenvalue weighted by atomic mass is 9.74. The van der Waals surface area contributed by atoms with Crippen LogP contribution in [0, 0.1) is 5.41 Å². The summed E-state index contributed by atoms with van der Waals surface area (Å²) in [6.45, 7) is 2.98. The van der Waals surface area contributed by atoms with Crippen LogP contribution >= 0.6 is 11.6 Å². The van der Waals surface area contributed by atoms with Crippen molar-refractivity contribution in [1.82, 2.24) is 19.9 Å². The van der Waals surface area contributed by atoms with E-state index in [-0.39, 0.29) is 12.0 Å². The fourth-order valence-electron chi connectivity index (χ4n) is 5.03. The Morgan fingerprint density at radius 2 is 2.00 bits per heavy atom. The van der Waals surface area contributed by atoms with E-state index in [9.17, 15) is 5.11 Å². The number of aliphatic hydroxyl groups is 1. The number of aryl methyl sites for hydroxylation is 1.